The third kappa shape index (κ3) is 2.87. The second-order valence-electron chi connectivity index (χ2n) is 4.44. The van der Waals surface area contributed by atoms with Crippen LogP contribution in [0.3, 0.4) is 0 Å². The van der Waals surface area contributed by atoms with Gasteiger partial charge in [-0.25, -0.2) is 15.0 Å². The molecule has 0 aromatic carbocycles. The summed E-state index contributed by atoms with van der Waals surface area (Å²) in [5.74, 6) is 1.53. The van der Waals surface area contributed by atoms with Crippen LogP contribution in [-0.2, 0) is 6.42 Å². The van der Waals surface area contributed by atoms with Gasteiger partial charge in [0.05, 0.1) is 16.6 Å². The fourth-order valence-electron chi connectivity index (χ4n) is 1.61. The van der Waals surface area contributed by atoms with Gasteiger partial charge in [0.15, 0.2) is 0 Å². The maximum atomic E-state index is 5.90. The van der Waals surface area contributed by atoms with Crippen molar-refractivity contribution in [2.75, 3.05) is 5.73 Å². The molecular formula is C12H15BrN4S. The molecule has 96 valence electrons. The molecule has 2 aromatic heterocycles. The van der Waals surface area contributed by atoms with Crippen LogP contribution in [0.5, 0.6) is 0 Å². The summed E-state index contributed by atoms with van der Waals surface area (Å²) in [5, 5.41) is 3.05. The summed E-state index contributed by atoms with van der Waals surface area (Å²) in [6.45, 7) is 6.16. The zero-order chi connectivity index (χ0) is 13.3. The van der Waals surface area contributed by atoms with Crippen molar-refractivity contribution in [3.63, 3.8) is 0 Å². The SMILES string of the molecule is Cc1csc(Cc2nc(N)c(Br)c(C(C)C)n2)n1. The van der Waals surface area contributed by atoms with Crippen molar-refractivity contribution in [1.82, 2.24) is 15.0 Å². The van der Waals surface area contributed by atoms with Crippen LogP contribution >= 0.6 is 27.3 Å². The lowest BCUT2D eigenvalue weighted by molar-refractivity contribution is 0.785. The number of thiazole rings is 1. The third-order valence-corrected chi connectivity index (χ3v) is 4.25. The quantitative estimate of drug-likeness (QED) is 0.939. The van der Waals surface area contributed by atoms with Gasteiger partial charge in [0.2, 0.25) is 0 Å². The molecule has 0 aliphatic heterocycles. The van der Waals surface area contributed by atoms with Gasteiger partial charge in [-0.2, -0.15) is 0 Å². The Kier molecular flexibility index (Phi) is 3.97. The van der Waals surface area contributed by atoms with Crippen LogP contribution in [-0.4, -0.2) is 15.0 Å². The van der Waals surface area contributed by atoms with Gasteiger partial charge in [0.1, 0.15) is 16.6 Å². The van der Waals surface area contributed by atoms with Gasteiger partial charge in [-0.15, -0.1) is 11.3 Å². The Bertz CT molecular complexity index is 565. The summed E-state index contributed by atoms with van der Waals surface area (Å²) in [4.78, 5) is 13.3. The van der Waals surface area contributed by atoms with Crippen molar-refractivity contribution in [3.8, 4) is 0 Å². The van der Waals surface area contributed by atoms with E-state index < -0.39 is 0 Å². The average Bonchev–Trinajstić information content (AvgIpc) is 2.68. The molecule has 0 saturated heterocycles. The van der Waals surface area contributed by atoms with E-state index in [4.69, 9.17) is 5.73 Å². The zero-order valence-corrected chi connectivity index (χ0v) is 13.0. The minimum Gasteiger partial charge on any atom is -0.383 e. The Labute approximate surface area is 119 Å². The summed E-state index contributed by atoms with van der Waals surface area (Å²) in [7, 11) is 0. The second kappa shape index (κ2) is 5.32. The highest BCUT2D eigenvalue weighted by molar-refractivity contribution is 9.10. The highest BCUT2D eigenvalue weighted by atomic mass is 79.9. The van der Waals surface area contributed by atoms with Crippen LogP contribution in [0.1, 0.15) is 42.0 Å². The maximum absolute atomic E-state index is 5.90. The molecule has 0 aliphatic rings. The van der Waals surface area contributed by atoms with Gasteiger partial charge in [0.25, 0.3) is 0 Å². The van der Waals surface area contributed by atoms with Gasteiger partial charge in [-0.3, -0.25) is 0 Å². The standard InChI is InChI=1S/C12H15BrN4S/c1-6(2)11-10(13)12(14)17-8(16-11)4-9-15-7(3)5-18-9/h5-6H,4H2,1-3H3,(H2,14,16,17). The predicted octanol–water partition coefficient (Wildman–Crippen LogP) is 3.30. The topological polar surface area (TPSA) is 64.7 Å². The fraction of sp³-hybridized carbons (Fsp3) is 0.417. The van der Waals surface area contributed by atoms with E-state index in [2.05, 4.69) is 44.7 Å². The first-order chi connectivity index (χ1) is 8.47. The van der Waals surface area contributed by atoms with Crippen LogP contribution in [0.25, 0.3) is 0 Å². The van der Waals surface area contributed by atoms with E-state index in [0.29, 0.717) is 18.2 Å². The predicted molar refractivity (Wildman–Crippen MR) is 77.9 cm³/mol. The number of rotatable bonds is 3. The van der Waals surface area contributed by atoms with Crippen LogP contribution in [0, 0.1) is 6.92 Å². The second-order valence-corrected chi connectivity index (χ2v) is 6.17. The molecule has 2 heterocycles. The molecule has 0 saturated carbocycles. The van der Waals surface area contributed by atoms with E-state index >= 15 is 0 Å². The lowest BCUT2D eigenvalue weighted by atomic mass is 10.1. The molecular weight excluding hydrogens is 312 g/mol. The number of aryl methyl sites for hydroxylation is 1. The lowest BCUT2D eigenvalue weighted by Crippen LogP contribution is -2.07. The Balaban J connectivity index is 2.34. The van der Waals surface area contributed by atoms with E-state index in [0.717, 1.165) is 26.7 Å². The Morgan fingerprint density at radius 1 is 1.33 bits per heavy atom. The van der Waals surface area contributed by atoms with Crippen LogP contribution in [0.15, 0.2) is 9.85 Å². The average molecular weight is 327 g/mol. The van der Waals surface area contributed by atoms with Gasteiger partial charge in [0, 0.05) is 11.1 Å². The number of halogens is 1. The molecule has 0 spiro atoms. The molecule has 18 heavy (non-hydrogen) atoms. The summed E-state index contributed by atoms with van der Waals surface area (Å²) in [6.07, 6.45) is 0.635. The fourth-order valence-corrected chi connectivity index (χ4v) is 3.02. The van der Waals surface area contributed by atoms with Gasteiger partial charge in [-0.05, 0) is 28.8 Å². The van der Waals surface area contributed by atoms with Crippen molar-refractivity contribution in [3.05, 3.63) is 32.1 Å². The number of aromatic nitrogens is 3. The normalized spacial score (nSPS) is 11.2. The van der Waals surface area contributed by atoms with Crippen molar-refractivity contribution in [2.24, 2.45) is 0 Å². The molecule has 2 rings (SSSR count). The van der Waals surface area contributed by atoms with Crippen LogP contribution < -0.4 is 5.73 Å². The van der Waals surface area contributed by atoms with Crippen molar-refractivity contribution >= 4 is 33.1 Å². The molecule has 6 heteroatoms. The summed E-state index contributed by atoms with van der Waals surface area (Å²) < 4.78 is 0.802. The highest BCUT2D eigenvalue weighted by Crippen LogP contribution is 2.27. The number of nitrogen functional groups attached to an aromatic ring is 1. The van der Waals surface area contributed by atoms with E-state index in [9.17, 15) is 0 Å². The van der Waals surface area contributed by atoms with Gasteiger partial charge in [-0.1, -0.05) is 13.8 Å². The number of anilines is 1. The highest BCUT2D eigenvalue weighted by Gasteiger charge is 2.14. The van der Waals surface area contributed by atoms with Crippen molar-refractivity contribution < 1.29 is 0 Å². The molecule has 4 nitrogen and oxygen atoms in total. The van der Waals surface area contributed by atoms with Crippen LogP contribution in [0.4, 0.5) is 5.82 Å². The maximum Gasteiger partial charge on any atom is 0.141 e. The summed E-state index contributed by atoms with van der Waals surface area (Å²) >= 11 is 5.07. The molecule has 0 aliphatic carbocycles. The van der Waals surface area contributed by atoms with Gasteiger partial charge >= 0.3 is 0 Å². The molecule has 2 aromatic rings. The van der Waals surface area contributed by atoms with Crippen molar-refractivity contribution in [2.45, 2.75) is 33.1 Å². The molecule has 0 unspecified atom stereocenters. The Morgan fingerprint density at radius 3 is 2.61 bits per heavy atom. The lowest BCUT2D eigenvalue weighted by Gasteiger charge is -2.10. The first kappa shape index (κ1) is 13.4. The molecule has 2 N–H and O–H groups in total. The molecule has 0 amide bonds. The number of nitrogens with zero attached hydrogens (tertiary/aromatic N) is 3. The molecule has 0 radical (unpaired) electrons. The minimum absolute atomic E-state index is 0.307. The smallest absolute Gasteiger partial charge is 0.141 e. The Hall–Kier alpha value is -1.01. The number of hydrogen-bond donors (Lipinski definition) is 1. The summed E-state index contributed by atoms with van der Waals surface area (Å²) in [6, 6.07) is 0. The Morgan fingerprint density at radius 2 is 2.06 bits per heavy atom. The largest absolute Gasteiger partial charge is 0.383 e. The molecule has 0 bridgehead atoms. The van der Waals surface area contributed by atoms with Crippen LogP contribution in [0.2, 0.25) is 0 Å². The van der Waals surface area contributed by atoms with E-state index in [1.54, 1.807) is 11.3 Å². The van der Waals surface area contributed by atoms with E-state index in [1.165, 1.54) is 0 Å². The summed E-state index contributed by atoms with van der Waals surface area (Å²) in [5.41, 5.74) is 7.88. The monoisotopic (exact) mass is 326 g/mol. The minimum atomic E-state index is 0.307. The molecule has 0 atom stereocenters. The van der Waals surface area contributed by atoms with E-state index in [-0.39, 0.29) is 0 Å². The van der Waals surface area contributed by atoms with Crippen molar-refractivity contribution in [1.29, 1.82) is 0 Å². The first-order valence-corrected chi connectivity index (χ1v) is 7.37. The van der Waals surface area contributed by atoms with E-state index in [1.807, 2.05) is 12.3 Å². The number of nitrogens with two attached hydrogens (primary N) is 1. The third-order valence-electron chi connectivity index (χ3n) is 2.47. The zero-order valence-electron chi connectivity index (χ0n) is 10.6. The molecule has 0 fully saturated rings. The number of hydrogen-bond acceptors (Lipinski definition) is 5. The van der Waals surface area contributed by atoms with Gasteiger partial charge < -0.3 is 5.73 Å². The first-order valence-electron chi connectivity index (χ1n) is 5.70.